The van der Waals surface area contributed by atoms with Gasteiger partial charge in [0, 0.05) is 10.5 Å². The fraction of sp³-hybridized carbons (Fsp3) is 0.158. The number of fused-ring (bicyclic) bond motifs is 1. The van der Waals surface area contributed by atoms with Crippen LogP contribution in [0.15, 0.2) is 117 Å². The van der Waals surface area contributed by atoms with Crippen molar-refractivity contribution in [1.29, 1.82) is 0 Å². The molecule has 0 spiro atoms. The normalized spacial score (nSPS) is 14.2. The molecule has 11 heteroatoms. The number of carbonyl (C=O) groups is 2. The summed E-state index contributed by atoms with van der Waals surface area (Å²) >= 11 is 2.84. The van der Waals surface area contributed by atoms with Crippen LogP contribution in [-0.2, 0) is 16.1 Å². The highest BCUT2D eigenvalue weighted by Crippen LogP contribution is 2.36. The lowest BCUT2D eigenvalue weighted by Crippen LogP contribution is -2.40. The molecule has 0 radical (unpaired) electrons. The van der Waals surface area contributed by atoms with Crippen LogP contribution in [-0.4, -0.2) is 41.6 Å². The zero-order valence-electron chi connectivity index (χ0n) is 26.9. The minimum absolute atomic E-state index is 0.139. The summed E-state index contributed by atoms with van der Waals surface area (Å²) in [7, 11) is 1.52. The molecular formula is C38H32N2O7S2. The van der Waals surface area contributed by atoms with Crippen molar-refractivity contribution in [1.82, 2.24) is 4.57 Å². The highest BCUT2D eigenvalue weighted by atomic mass is 32.2. The van der Waals surface area contributed by atoms with E-state index in [9.17, 15) is 19.5 Å². The molecular weight excluding hydrogens is 661 g/mol. The van der Waals surface area contributed by atoms with Gasteiger partial charge in [-0.05, 0) is 72.3 Å². The number of esters is 1. The molecule has 49 heavy (non-hydrogen) atoms. The summed E-state index contributed by atoms with van der Waals surface area (Å²) in [5.74, 6) is -0.642. The Labute approximate surface area is 290 Å². The molecule has 6 rings (SSSR count). The van der Waals surface area contributed by atoms with Gasteiger partial charge in [0.2, 0.25) is 0 Å². The molecule has 1 aromatic heterocycles. The Bertz CT molecular complexity index is 2240. The molecule has 1 atom stereocenters. The number of carbonyl (C=O) groups excluding carboxylic acids is 1. The minimum Gasteiger partial charge on any atom is -0.493 e. The average Bonchev–Trinajstić information content (AvgIpc) is 3.44. The Morgan fingerprint density at radius 2 is 1.76 bits per heavy atom. The molecule has 0 saturated carbocycles. The first-order chi connectivity index (χ1) is 23.8. The van der Waals surface area contributed by atoms with Crippen LogP contribution in [0.1, 0.15) is 45.6 Å². The van der Waals surface area contributed by atoms with Crippen molar-refractivity contribution in [3.8, 4) is 11.5 Å². The van der Waals surface area contributed by atoms with E-state index < -0.39 is 18.0 Å². The number of hydrogen-bond donors (Lipinski definition) is 1. The zero-order chi connectivity index (χ0) is 34.5. The summed E-state index contributed by atoms with van der Waals surface area (Å²) in [4.78, 5) is 45.7. The van der Waals surface area contributed by atoms with Crippen LogP contribution in [0, 0.1) is 0 Å². The second kappa shape index (κ2) is 14.8. The van der Waals surface area contributed by atoms with Gasteiger partial charge in [0.1, 0.15) is 6.61 Å². The molecule has 1 aliphatic rings. The van der Waals surface area contributed by atoms with Crippen LogP contribution in [0.5, 0.6) is 11.5 Å². The maximum atomic E-state index is 14.3. The number of aromatic carboxylic acids is 1. The molecule has 2 heterocycles. The van der Waals surface area contributed by atoms with Crippen molar-refractivity contribution < 1.29 is 28.9 Å². The topological polar surface area (TPSA) is 116 Å². The van der Waals surface area contributed by atoms with Gasteiger partial charge in [-0.2, -0.15) is 0 Å². The van der Waals surface area contributed by atoms with Gasteiger partial charge in [-0.3, -0.25) is 9.36 Å². The van der Waals surface area contributed by atoms with E-state index in [-0.39, 0.29) is 24.3 Å². The summed E-state index contributed by atoms with van der Waals surface area (Å²) in [6.07, 6.45) is 3.75. The predicted molar refractivity (Wildman–Crippen MR) is 190 cm³/mol. The van der Waals surface area contributed by atoms with E-state index in [4.69, 9.17) is 19.2 Å². The quantitative estimate of drug-likeness (QED) is 0.134. The largest absolute Gasteiger partial charge is 0.493 e. The fourth-order valence-corrected chi connectivity index (χ4v) is 6.95. The first kappa shape index (κ1) is 33.5. The maximum Gasteiger partial charge on any atom is 0.338 e. The van der Waals surface area contributed by atoms with Crippen LogP contribution in [0.2, 0.25) is 0 Å². The number of rotatable bonds is 11. The summed E-state index contributed by atoms with van der Waals surface area (Å²) in [6.45, 7) is 2.06. The number of benzene rings is 4. The van der Waals surface area contributed by atoms with E-state index in [1.165, 1.54) is 24.5 Å². The lowest BCUT2D eigenvalue weighted by molar-refractivity contribution is -0.138. The van der Waals surface area contributed by atoms with E-state index in [1.807, 2.05) is 66.9 Å². The molecule has 1 aliphatic heterocycles. The van der Waals surface area contributed by atoms with Crippen LogP contribution >= 0.6 is 23.1 Å². The highest BCUT2D eigenvalue weighted by molar-refractivity contribution is 7.98. The van der Waals surface area contributed by atoms with Crippen molar-refractivity contribution in [2.24, 2.45) is 4.99 Å². The molecule has 4 aromatic carbocycles. The molecule has 9 nitrogen and oxygen atoms in total. The van der Waals surface area contributed by atoms with E-state index in [1.54, 1.807) is 59.7 Å². The Morgan fingerprint density at radius 1 is 0.980 bits per heavy atom. The number of nitrogens with zero attached hydrogens (tertiary/aromatic N) is 2. The molecule has 0 amide bonds. The van der Waals surface area contributed by atoms with Crippen molar-refractivity contribution in [2.45, 2.75) is 24.5 Å². The maximum absolute atomic E-state index is 14.3. The monoisotopic (exact) mass is 692 g/mol. The lowest BCUT2D eigenvalue weighted by atomic mass is 9.93. The molecule has 0 saturated heterocycles. The molecule has 248 valence electrons. The Morgan fingerprint density at radius 3 is 2.45 bits per heavy atom. The molecule has 5 aromatic rings. The van der Waals surface area contributed by atoms with E-state index >= 15 is 0 Å². The number of ether oxygens (including phenoxy) is 3. The first-order valence-electron chi connectivity index (χ1n) is 15.4. The summed E-state index contributed by atoms with van der Waals surface area (Å²) < 4.78 is 19.1. The second-order valence-corrected chi connectivity index (χ2v) is 12.8. The molecule has 1 N–H and O–H groups in total. The first-order valence-corrected chi connectivity index (χ1v) is 17.4. The third-order valence-electron chi connectivity index (χ3n) is 7.86. The van der Waals surface area contributed by atoms with Crippen LogP contribution in [0.4, 0.5) is 0 Å². The molecule has 0 unspecified atom stereocenters. The molecule has 0 bridgehead atoms. The van der Waals surface area contributed by atoms with Gasteiger partial charge < -0.3 is 19.3 Å². The van der Waals surface area contributed by atoms with Gasteiger partial charge >= 0.3 is 11.9 Å². The third-order valence-corrected chi connectivity index (χ3v) is 9.59. The number of carboxylic acid groups (broad SMARTS) is 1. The minimum atomic E-state index is -1.01. The van der Waals surface area contributed by atoms with Crippen molar-refractivity contribution in [3.05, 3.63) is 150 Å². The van der Waals surface area contributed by atoms with Gasteiger partial charge in [0.25, 0.3) is 5.56 Å². The molecule has 0 fully saturated rings. The van der Waals surface area contributed by atoms with Gasteiger partial charge in [-0.15, -0.1) is 11.8 Å². The van der Waals surface area contributed by atoms with Crippen molar-refractivity contribution in [2.75, 3.05) is 20.0 Å². The Kier molecular flexibility index (Phi) is 10.1. The van der Waals surface area contributed by atoms with E-state index in [0.29, 0.717) is 43.2 Å². The lowest BCUT2D eigenvalue weighted by Gasteiger charge is -2.26. The Balaban J connectivity index is 1.44. The zero-order valence-corrected chi connectivity index (χ0v) is 28.5. The summed E-state index contributed by atoms with van der Waals surface area (Å²) in [5, 5.41) is 9.30. The number of methoxy groups -OCH3 is 1. The van der Waals surface area contributed by atoms with E-state index in [2.05, 4.69) is 0 Å². The second-order valence-electron chi connectivity index (χ2n) is 10.9. The molecule has 0 aliphatic carbocycles. The van der Waals surface area contributed by atoms with Crippen molar-refractivity contribution >= 4 is 46.8 Å². The third kappa shape index (κ3) is 7.08. The fourth-order valence-electron chi connectivity index (χ4n) is 5.54. The van der Waals surface area contributed by atoms with Crippen molar-refractivity contribution in [3.63, 3.8) is 0 Å². The number of aromatic nitrogens is 1. The number of thioether (sulfide) groups is 1. The average molecular weight is 693 g/mol. The standard InChI is InChI=1S/C38H32N2O7S2/c1-4-46-37(44)32-33(25-10-6-5-7-11-25)39-38-40(34(32)26-14-16-28(48-3)17-15-26)35(41)31(49-38)21-23-13-18-29(30(20-23)45-2)47-22-24-9-8-12-27(19-24)36(42)43/h5-21,34H,4,22H2,1-3H3,(H,42,43)/b31-21-/t34-/m1/s1. The number of thiazole rings is 1. The van der Waals surface area contributed by atoms with Crippen LogP contribution < -0.4 is 24.4 Å². The van der Waals surface area contributed by atoms with Gasteiger partial charge in [-0.1, -0.05) is 72.0 Å². The smallest absolute Gasteiger partial charge is 0.338 e. The van der Waals surface area contributed by atoms with Gasteiger partial charge in [0.05, 0.1) is 41.1 Å². The number of hydrogen-bond acceptors (Lipinski definition) is 9. The summed E-state index contributed by atoms with van der Waals surface area (Å²) in [5.41, 5.74) is 3.52. The van der Waals surface area contributed by atoms with Crippen LogP contribution in [0.3, 0.4) is 0 Å². The number of carboxylic acids is 1. The predicted octanol–water partition coefficient (Wildman–Crippen LogP) is 5.94. The summed E-state index contributed by atoms with van der Waals surface area (Å²) in [6, 6.07) is 28.3. The highest BCUT2D eigenvalue weighted by Gasteiger charge is 2.35. The van der Waals surface area contributed by atoms with E-state index in [0.717, 1.165) is 16.0 Å². The van der Waals surface area contributed by atoms with Gasteiger partial charge in [-0.25, -0.2) is 14.6 Å². The van der Waals surface area contributed by atoms with Gasteiger partial charge in [0.15, 0.2) is 16.3 Å². The Hall–Kier alpha value is -5.39. The SMILES string of the molecule is CCOC(=O)C1=C(c2ccccc2)N=c2s/c(=C\c3ccc(OCc4cccc(C(=O)O)c4)c(OC)c3)c(=O)n2[C@@H]1c1ccc(SC)cc1. The van der Waals surface area contributed by atoms with Crippen LogP contribution in [0.25, 0.3) is 11.8 Å².